The average Bonchev–Trinajstić information content (AvgIpc) is 2.54. The first-order chi connectivity index (χ1) is 11.8. The molecular weight excluding hydrogens is 335 g/mol. The van der Waals surface area contributed by atoms with Gasteiger partial charge in [0.2, 0.25) is 0 Å². The third kappa shape index (κ3) is 5.86. The van der Waals surface area contributed by atoms with Crippen molar-refractivity contribution >= 4 is 0 Å². The highest BCUT2D eigenvalue weighted by Gasteiger charge is 2.38. The van der Waals surface area contributed by atoms with Crippen molar-refractivity contribution in [1.29, 1.82) is 0 Å². The summed E-state index contributed by atoms with van der Waals surface area (Å²) in [7, 11) is 0. The van der Waals surface area contributed by atoms with E-state index in [1.54, 1.807) is 12.1 Å². The second-order valence-electron chi connectivity index (χ2n) is 5.83. The summed E-state index contributed by atoms with van der Waals surface area (Å²) in [5.41, 5.74) is 1.35. The lowest BCUT2D eigenvalue weighted by Gasteiger charge is -2.22. The summed E-state index contributed by atoms with van der Waals surface area (Å²) in [5, 5.41) is 30.4. The maximum Gasteiger partial charge on any atom is 0.403 e. The van der Waals surface area contributed by atoms with Crippen LogP contribution in [0.1, 0.15) is 17.5 Å². The van der Waals surface area contributed by atoms with Gasteiger partial charge in [0.05, 0.1) is 0 Å². The van der Waals surface area contributed by atoms with Crippen molar-refractivity contribution in [2.24, 2.45) is 0 Å². The first-order valence-corrected chi connectivity index (χ1v) is 7.84. The van der Waals surface area contributed by atoms with Crippen LogP contribution in [0.25, 0.3) is 0 Å². The molecule has 0 saturated carbocycles. The molecule has 2 aromatic rings. The van der Waals surface area contributed by atoms with Crippen LogP contribution in [0.3, 0.4) is 0 Å². The Morgan fingerprint density at radius 1 is 0.840 bits per heavy atom. The van der Waals surface area contributed by atoms with Gasteiger partial charge in [-0.25, -0.2) is 0 Å². The SMILES string of the molecule is Oc1ccc(CCNC(CCc2ccc(O)c(O)c2)C(F)(F)F)cc1. The van der Waals surface area contributed by atoms with Gasteiger partial charge >= 0.3 is 6.18 Å². The summed E-state index contributed by atoms with van der Waals surface area (Å²) >= 11 is 0. The first kappa shape index (κ1) is 18.9. The Bertz CT molecular complexity index is 687. The van der Waals surface area contributed by atoms with Gasteiger partial charge in [-0.2, -0.15) is 13.2 Å². The molecule has 1 unspecified atom stereocenters. The number of rotatable bonds is 7. The van der Waals surface area contributed by atoms with Crippen LogP contribution < -0.4 is 5.32 Å². The van der Waals surface area contributed by atoms with E-state index in [2.05, 4.69) is 5.32 Å². The molecule has 0 amide bonds. The van der Waals surface area contributed by atoms with Gasteiger partial charge in [0.1, 0.15) is 11.8 Å². The van der Waals surface area contributed by atoms with Crippen LogP contribution in [0.5, 0.6) is 17.2 Å². The van der Waals surface area contributed by atoms with Gasteiger partial charge in [-0.05, 0) is 61.2 Å². The zero-order valence-corrected chi connectivity index (χ0v) is 13.4. The van der Waals surface area contributed by atoms with E-state index >= 15 is 0 Å². The van der Waals surface area contributed by atoms with E-state index in [4.69, 9.17) is 0 Å². The normalized spacial score (nSPS) is 12.9. The number of phenolic OH excluding ortho intramolecular Hbond substituents is 3. The van der Waals surface area contributed by atoms with E-state index in [9.17, 15) is 28.5 Å². The Labute approximate surface area is 143 Å². The zero-order valence-electron chi connectivity index (χ0n) is 13.4. The summed E-state index contributed by atoms with van der Waals surface area (Å²) in [6, 6.07) is 8.66. The number of nitrogens with one attached hydrogen (secondary N) is 1. The predicted molar refractivity (Wildman–Crippen MR) is 87.7 cm³/mol. The molecule has 0 aliphatic heterocycles. The summed E-state index contributed by atoms with van der Waals surface area (Å²) in [6.45, 7) is 0.149. The fourth-order valence-electron chi connectivity index (χ4n) is 2.47. The average molecular weight is 355 g/mol. The highest BCUT2D eigenvalue weighted by Crippen LogP contribution is 2.28. The Hall–Kier alpha value is -2.41. The number of aryl methyl sites for hydroxylation is 1. The molecule has 0 fully saturated rings. The smallest absolute Gasteiger partial charge is 0.403 e. The minimum Gasteiger partial charge on any atom is -0.508 e. The minimum atomic E-state index is -4.38. The molecule has 0 saturated heterocycles. The van der Waals surface area contributed by atoms with Crippen LogP contribution in [-0.2, 0) is 12.8 Å². The van der Waals surface area contributed by atoms with Crippen molar-refractivity contribution < 1.29 is 28.5 Å². The Morgan fingerprint density at radius 2 is 1.48 bits per heavy atom. The third-order valence-electron chi connectivity index (χ3n) is 3.90. The fourth-order valence-corrected chi connectivity index (χ4v) is 2.47. The highest BCUT2D eigenvalue weighted by atomic mass is 19.4. The molecule has 1 atom stereocenters. The summed E-state index contributed by atoms with van der Waals surface area (Å²) in [6.07, 6.45) is -4.03. The van der Waals surface area contributed by atoms with Crippen LogP contribution in [0.15, 0.2) is 42.5 Å². The molecule has 0 aromatic heterocycles. The quantitative estimate of drug-likeness (QED) is 0.574. The summed E-state index contributed by atoms with van der Waals surface area (Å²) in [4.78, 5) is 0. The standard InChI is InChI=1S/C18H20F3NO3/c19-18(20,21)17(8-4-13-3-7-15(24)16(25)11-13)22-10-9-12-1-5-14(23)6-2-12/h1-3,5-7,11,17,22-25H,4,8-10H2. The maximum absolute atomic E-state index is 13.2. The lowest BCUT2D eigenvalue weighted by Crippen LogP contribution is -2.43. The van der Waals surface area contributed by atoms with Crippen LogP contribution in [0, 0.1) is 0 Å². The van der Waals surface area contributed by atoms with E-state index in [1.165, 1.54) is 30.3 Å². The molecule has 4 N–H and O–H groups in total. The van der Waals surface area contributed by atoms with Gasteiger partial charge in [-0.15, -0.1) is 0 Å². The van der Waals surface area contributed by atoms with Crippen LogP contribution in [0.4, 0.5) is 13.2 Å². The zero-order chi connectivity index (χ0) is 18.4. The van der Waals surface area contributed by atoms with Crippen molar-refractivity contribution in [3.63, 3.8) is 0 Å². The molecule has 2 rings (SSSR count). The van der Waals surface area contributed by atoms with Crippen molar-refractivity contribution in [3.05, 3.63) is 53.6 Å². The summed E-state index contributed by atoms with van der Waals surface area (Å²) in [5.74, 6) is -0.536. The van der Waals surface area contributed by atoms with Crippen molar-refractivity contribution in [2.75, 3.05) is 6.54 Å². The van der Waals surface area contributed by atoms with E-state index in [0.717, 1.165) is 5.56 Å². The van der Waals surface area contributed by atoms with E-state index < -0.39 is 12.2 Å². The summed E-state index contributed by atoms with van der Waals surface area (Å²) < 4.78 is 39.5. The van der Waals surface area contributed by atoms with Gasteiger partial charge in [-0.3, -0.25) is 0 Å². The molecule has 0 bridgehead atoms. The lowest BCUT2D eigenvalue weighted by atomic mass is 10.0. The van der Waals surface area contributed by atoms with Gasteiger partial charge < -0.3 is 20.6 Å². The minimum absolute atomic E-state index is 0.113. The monoisotopic (exact) mass is 355 g/mol. The fraction of sp³-hybridized carbons (Fsp3) is 0.333. The van der Waals surface area contributed by atoms with E-state index in [1.807, 2.05) is 0 Å². The molecule has 0 heterocycles. The molecule has 0 aliphatic carbocycles. The number of hydrogen-bond donors (Lipinski definition) is 4. The first-order valence-electron chi connectivity index (χ1n) is 7.84. The molecule has 0 aliphatic rings. The van der Waals surface area contributed by atoms with Crippen LogP contribution in [-0.4, -0.2) is 34.1 Å². The predicted octanol–water partition coefficient (Wildman–Crippen LogP) is 3.50. The molecule has 0 radical (unpaired) electrons. The van der Waals surface area contributed by atoms with Crippen molar-refractivity contribution in [3.8, 4) is 17.2 Å². The number of alkyl halides is 3. The molecule has 25 heavy (non-hydrogen) atoms. The number of phenols is 3. The van der Waals surface area contributed by atoms with E-state index in [0.29, 0.717) is 12.0 Å². The molecule has 7 heteroatoms. The number of aromatic hydroxyl groups is 3. The topological polar surface area (TPSA) is 72.7 Å². The molecule has 4 nitrogen and oxygen atoms in total. The van der Waals surface area contributed by atoms with Gasteiger partial charge in [0, 0.05) is 0 Å². The van der Waals surface area contributed by atoms with E-state index in [-0.39, 0.29) is 36.6 Å². The third-order valence-corrected chi connectivity index (χ3v) is 3.90. The van der Waals surface area contributed by atoms with Crippen LogP contribution in [0.2, 0.25) is 0 Å². The maximum atomic E-state index is 13.2. The van der Waals surface area contributed by atoms with Gasteiger partial charge in [0.25, 0.3) is 0 Å². The number of hydrogen-bond acceptors (Lipinski definition) is 4. The Morgan fingerprint density at radius 3 is 2.08 bits per heavy atom. The molecular formula is C18H20F3NO3. The highest BCUT2D eigenvalue weighted by molar-refractivity contribution is 5.40. The van der Waals surface area contributed by atoms with Crippen molar-refractivity contribution in [2.45, 2.75) is 31.5 Å². The lowest BCUT2D eigenvalue weighted by molar-refractivity contribution is -0.157. The Kier molecular flexibility index (Phi) is 6.14. The number of halogens is 3. The number of benzene rings is 2. The second-order valence-corrected chi connectivity index (χ2v) is 5.83. The Balaban J connectivity index is 1.89. The van der Waals surface area contributed by atoms with Crippen LogP contribution >= 0.6 is 0 Å². The second kappa shape index (κ2) is 8.11. The van der Waals surface area contributed by atoms with Gasteiger partial charge in [0.15, 0.2) is 11.5 Å². The van der Waals surface area contributed by atoms with Gasteiger partial charge in [-0.1, -0.05) is 18.2 Å². The molecule has 2 aromatic carbocycles. The van der Waals surface area contributed by atoms with Crippen molar-refractivity contribution in [1.82, 2.24) is 5.32 Å². The largest absolute Gasteiger partial charge is 0.508 e. The molecule has 0 spiro atoms. The molecule has 136 valence electrons.